The average molecular weight is 296 g/mol. The van der Waals surface area contributed by atoms with Crippen LogP contribution >= 0.6 is 15.9 Å². The van der Waals surface area contributed by atoms with Crippen LogP contribution in [-0.4, -0.2) is 24.2 Å². The lowest BCUT2D eigenvalue weighted by molar-refractivity contribution is -0.153. The molecular formula is C9H12BrF2N3O. The van der Waals surface area contributed by atoms with E-state index >= 15 is 0 Å². The van der Waals surface area contributed by atoms with Crippen molar-refractivity contribution in [1.29, 1.82) is 0 Å². The maximum atomic E-state index is 11.8. The van der Waals surface area contributed by atoms with Crippen molar-refractivity contribution in [2.24, 2.45) is 0 Å². The predicted octanol–water partition coefficient (Wildman–Crippen LogP) is 2.47. The number of nitrogens with zero attached hydrogens (tertiary/aromatic N) is 1. The minimum atomic E-state index is -2.77. The van der Waals surface area contributed by atoms with E-state index in [-0.39, 0.29) is 6.54 Å². The van der Waals surface area contributed by atoms with Crippen LogP contribution in [0.1, 0.15) is 6.92 Å². The SMILES string of the molecule is CC(CNc1cnc(Br)cc1N)OC(F)F. The molecular weight excluding hydrogens is 284 g/mol. The average Bonchev–Trinajstić information content (AvgIpc) is 2.15. The molecule has 0 amide bonds. The molecule has 0 aliphatic carbocycles. The molecule has 0 saturated carbocycles. The summed E-state index contributed by atoms with van der Waals surface area (Å²) in [6, 6.07) is 1.63. The molecule has 7 heteroatoms. The number of hydrogen-bond donors (Lipinski definition) is 2. The Morgan fingerprint density at radius 3 is 2.88 bits per heavy atom. The highest BCUT2D eigenvalue weighted by atomic mass is 79.9. The van der Waals surface area contributed by atoms with Gasteiger partial charge in [0, 0.05) is 6.54 Å². The van der Waals surface area contributed by atoms with Crippen molar-refractivity contribution in [2.45, 2.75) is 19.6 Å². The number of hydrogen-bond acceptors (Lipinski definition) is 4. The molecule has 0 saturated heterocycles. The number of nitrogens with one attached hydrogen (secondary N) is 1. The van der Waals surface area contributed by atoms with Crippen molar-refractivity contribution in [3.8, 4) is 0 Å². The van der Waals surface area contributed by atoms with Crippen LogP contribution in [0.4, 0.5) is 20.2 Å². The highest BCUT2D eigenvalue weighted by Crippen LogP contribution is 2.20. The van der Waals surface area contributed by atoms with Crippen LogP contribution < -0.4 is 11.1 Å². The largest absolute Gasteiger partial charge is 0.397 e. The number of anilines is 2. The van der Waals surface area contributed by atoms with Gasteiger partial charge in [-0.2, -0.15) is 8.78 Å². The molecule has 16 heavy (non-hydrogen) atoms. The summed E-state index contributed by atoms with van der Waals surface area (Å²) in [5, 5.41) is 2.88. The molecule has 0 spiro atoms. The number of pyridine rings is 1. The number of rotatable bonds is 5. The van der Waals surface area contributed by atoms with Crippen molar-refractivity contribution in [3.63, 3.8) is 0 Å². The Balaban J connectivity index is 2.48. The van der Waals surface area contributed by atoms with Gasteiger partial charge in [-0.1, -0.05) is 0 Å². The molecule has 0 aromatic carbocycles. The molecule has 1 atom stereocenters. The monoisotopic (exact) mass is 295 g/mol. The summed E-state index contributed by atoms with van der Waals surface area (Å²) in [7, 11) is 0. The molecule has 1 aromatic heterocycles. The summed E-state index contributed by atoms with van der Waals surface area (Å²) in [4.78, 5) is 3.96. The lowest BCUT2D eigenvalue weighted by Gasteiger charge is -2.14. The van der Waals surface area contributed by atoms with Gasteiger partial charge >= 0.3 is 6.61 Å². The fraction of sp³-hybridized carbons (Fsp3) is 0.444. The van der Waals surface area contributed by atoms with E-state index in [1.807, 2.05) is 0 Å². The van der Waals surface area contributed by atoms with Gasteiger partial charge in [0.05, 0.1) is 23.7 Å². The Hall–Kier alpha value is -0.950. The highest BCUT2D eigenvalue weighted by molar-refractivity contribution is 9.10. The summed E-state index contributed by atoms with van der Waals surface area (Å²) in [5.74, 6) is 0. The summed E-state index contributed by atoms with van der Waals surface area (Å²) >= 11 is 3.17. The van der Waals surface area contributed by atoms with E-state index < -0.39 is 12.7 Å². The number of nitrogen functional groups attached to an aromatic ring is 1. The summed E-state index contributed by atoms with van der Waals surface area (Å²) < 4.78 is 28.6. The van der Waals surface area contributed by atoms with Gasteiger partial charge in [0.2, 0.25) is 0 Å². The summed E-state index contributed by atoms with van der Waals surface area (Å²) in [5.41, 5.74) is 6.77. The van der Waals surface area contributed by atoms with E-state index in [4.69, 9.17) is 5.73 Å². The third-order valence-corrected chi connectivity index (χ3v) is 2.25. The topological polar surface area (TPSA) is 60.2 Å². The van der Waals surface area contributed by atoms with Gasteiger partial charge in [-0.15, -0.1) is 0 Å². The molecule has 0 aliphatic rings. The van der Waals surface area contributed by atoms with E-state index in [0.717, 1.165) is 0 Å². The molecule has 90 valence electrons. The lowest BCUT2D eigenvalue weighted by Crippen LogP contribution is -2.22. The number of ether oxygens (including phenoxy) is 1. The molecule has 0 radical (unpaired) electrons. The fourth-order valence-electron chi connectivity index (χ4n) is 1.07. The van der Waals surface area contributed by atoms with E-state index in [2.05, 4.69) is 31.0 Å². The lowest BCUT2D eigenvalue weighted by atomic mass is 10.3. The number of aromatic nitrogens is 1. The molecule has 3 N–H and O–H groups in total. The zero-order valence-electron chi connectivity index (χ0n) is 8.58. The van der Waals surface area contributed by atoms with Gasteiger partial charge < -0.3 is 15.8 Å². The second kappa shape index (κ2) is 5.95. The summed E-state index contributed by atoms with van der Waals surface area (Å²) in [6.45, 7) is -0.989. The van der Waals surface area contributed by atoms with Crippen molar-refractivity contribution in [3.05, 3.63) is 16.9 Å². The number of halogens is 3. The first-order valence-electron chi connectivity index (χ1n) is 4.57. The Morgan fingerprint density at radius 2 is 2.31 bits per heavy atom. The van der Waals surface area contributed by atoms with Crippen LogP contribution in [0.3, 0.4) is 0 Å². The number of nitrogens with two attached hydrogens (primary N) is 1. The van der Waals surface area contributed by atoms with Crippen LogP contribution in [0, 0.1) is 0 Å². The molecule has 0 bridgehead atoms. The standard InChI is InChI=1S/C9H12BrF2N3O/c1-5(16-9(11)12)3-14-7-4-15-8(10)2-6(7)13/h2,4-5,9,14H,3H2,1H3,(H2,13,15). The Kier molecular flexibility index (Phi) is 4.88. The Bertz CT molecular complexity index is 352. The third-order valence-electron chi connectivity index (χ3n) is 1.82. The predicted molar refractivity (Wildman–Crippen MR) is 61.4 cm³/mol. The maximum absolute atomic E-state index is 11.8. The van der Waals surface area contributed by atoms with Crippen LogP contribution in [0.5, 0.6) is 0 Å². The molecule has 4 nitrogen and oxygen atoms in total. The quantitative estimate of drug-likeness (QED) is 0.819. The minimum Gasteiger partial charge on any atom is -0.397 e. The first-order chi connectivity index (χ1) is 7.49. The molecule has 1 aromatic rings. The van der Waals surface area contributed by atoms with Crippen molar-refractivity contribution >= 4 is 27.3 Å². The molecule has 1 heterocycles. The van der Waals surface area contributed by atoms with Crippen molar-refractivity contribution < 1.29 is 13.5 Å². The fourth-order valence-corrected chi connectivity index (χ4v) is 1.42. The van der Waals surface area contributed by atoms with Gasteiger partial charge in [-0.05, 0) is 28.9 Å². The molecule has 0 aliphatic heterocycles. The van der Waals surface area contributed by atoms with Crippen LogP contribution in [0.15, 0.2) is 16.9 Å². The first kappa shape index (κ1) is 13.1. The third kappa shape index (κ3) is 4.28. The second-order valence-corrected chi connectivity index (χ2v) is 4.00. The molecule has 1 rings (SSSR count). The number of alkyl halides is 2. The van der Waals surface area contributed by atoms with Crippen LogP contribution in [0.25, 0.3) is 0 Å². The van der Waals surface area contributed by atoms with E-state index in [9.17, 15) is 8.78 Å². The zero-order chi connectivity index (χ0) is 12.1. The van der Waals surface area contributed by atoms with Gasteiger partial charge in [-0.25, -0.2) is 4.98 Å². The molecule has 1 unspecified atom stereocenters. The smallest absolute Gasteiger partial charge is 0.345 e. The minimum absolute atomic E-state index is 0.234. The Labute approximate surface area is 100 Å². The zero-order valence-corrected chi connectivity index (χ0v) is 10.2. The normalized spacial score (nSPS) is 12.8. The molecule has 0 fully saturated rings. The highest BCUT2D eigenvalue weighted by Gasteiger charge is 2.10. The first-order valence-corrected chi connectivity index (χ1v) is 5.37. The van der Waals surface area contributed by atoms with Gasteiger partial charge in [0.15, 0.2) is 0 Å². The Morgan fingerprint density at radius 1 is 1.62 bits per heavy atom. The van der Waals surface area contributed by atoms with Crippen molar-refractivity contribution in [2.75, 3.05) is 17.6 Å². The van der Waals surface area contributed by atoms with Crippen molar-refractivity contribution in [1.82, 2.24) is 4.98 Å². The van der Waals surface area contributed by atoms with E-state index in [0.29, 0.717) is 16.0 Å². The van der Waals surface area contributed by atoms with Crippen LogP contribution in [-0.2, 0) is 4.74 Å². The van der Waals surface area contributed by atoms with Gasteiger partial charge in [0.25, 0.3) is 0 Å². The van der Waals surface area contributed by atoms with E-state index in [1.165, 1.54) is 6.20 Å². The second-order valence-electron chi connectivity index (χ2n) is 3.18. The summed E-state index contributed by atoms with van der Waals surface area (Å²) in [6.07, 6.45) is 0.914. The van der Waals surface area contributed by atoms with E-state index in [1.54, 1.807) is 13.0 Å². The van der Waals surface area contributed by atoms with Crippen LogP contribution in [0.2, 0.25) is 0 Å². The maximum Gasteiger partial charge on any atom is 0.345 e. The van der Waals surface area contributed by atoms with Gasteiger partial charge in [0.1, 0.15) is 4.60 Å². The van der Waals surface area contributed by atoms with Gasteiger partial charge in [-0.3, -0.25) is 0 Å².